The maximum atomic E-state index is 11.8. The molecule has 1 heterocycles. The van der Waals surface area contributed by atoms with Crippen molar-refractivity contribution in [1.82, 2.24) is 15.5 Å². The summed E-state index contributed by atoms with van der Waals surface area (Å²) in [6.45, 7) is 7.00. The van der Waals surface area contributed by atoms with Gasteiger partial charge in [-0.15, -0.1) is 24.0 Å². The maximum absolute atomic E-state index is 11.8. The van der Waals surface area contributed by atoms with E-state index in [0.29, 0.717) is 18.4 Å². The van der Waals surface area contributed by atoms with Gasteiger partial charge in [0.15, 0.2) is 5.96 Å². The number of hydrogen-bond donors (Lipinski definition) is 2. The lowest BCUT2D eigenvalue weighted by Crippen LogP contribution is -2.42. The van der Waals surface area contributed by atoms with E-state index in [1.165, 1.54) is 32.1 Å². The molecular formula is C17H33IN4O. The van der Waals surface area contributed by atoms with E-state index in [1.807, 2.05) is 14.0 Å². The molecule has 2 aliphatic rings. The molecule has 0 aromatic rings. The molecule has 1 aliphatic carbocycles. The fraction of sp³-hybridized carbons (Fsp3) is 0.882. The lowest BCUT2D eigenvalue weighted by atomic mass is 9.86. The van der Waals surface area contributed by atoms with Crippen LogP contribution in [0.25, 0.3) is 0 Å². The van der Waals surface area contributed by atoms with Crippen molar-refractivity contribution < 1.29 is 4.79 Å². The van der Waals surface area contributed by atoms with Crippen LogP contribution in [0.3, 0.4) is 0 Å². The Balaban J connectivity index is 0.00000264. The van der Waals surface area contributed by atoms with Crippen LogP contribution in [0.2, 0.25) is 0 Å². The molecule has 1 aliphatic heterocycles. The van der Waals surface area contributed by atoms with Gasteiger partial charge in [-0.05, 0) is 38.0 Å². The predicted molar refractivity (Wildman–Crippen MR) is 106 cm³/mol. The molecule has 0 bridgehead atoms. The summed E-state index contributed by atoms with van der Waals surface area (Å²) in [4.78, 5) is 18.6. The number of carbonyl (C=O) groups excluding carboxylic acids is 1. The molecule has 1 saturated carbocycles. The smallest absolute Gasteiger partial charge is 0.221 e. The van der Waals surface area contributed by atoms with Gasteiger partial charge in [0.05, 0.1) is 0 Å². The van der Waals surface area contributed by atoms with Crippen LogP contribution in [-0.2, 0) is 4.79 Å². The summed E-state index contributed by atoms with van der Waals surface area (Å²) in [6.07, 6.45) is 8.28. The summed E-state index contributed by atoms with van der Waals surface area (Å²) in [5, 5.41) is 6.35. The van der Waals surface area contributed by atoms with Gasteiger partial charge in [-0.25, -0.2) is 0 Å². The summed E-state index contributed by atoms with van der Waals surface area (Å²) in [5.74, 6) is 1.08. The monoisotopic (exact) mass is 436 g/mol. The number of halogens is 1. The van der Waals surface area contributed by atoms with Crippen LogP contribution in [0.5, 0.6) is 0 Å². The summed E-state index contributed by atoms with van der Waals surface area (Å²) < 4.78 is 0. The highest BCUT2D eigenvalue weighted by molar-refractivity contribution is 14.0. The molecule has 23 heavy (non-hydrogen) atoms. The van der Waals surface area contributed by atoms with E-state index >= 15 is 0 Å². The maximum Gasteiger partial charge on any atom is 0.221 e. The highest BCUT2D eigenvalue weighted by atomic mass is 127. The van der Waals surface area contributed by atoms with Gasteiger partial charge >= 0.3 is 0 Å². The number of nitrogens with one attached hydrogen (secondary N) is 2. The molecule has 1 unspecified atom stereocenters. The van der Waals surface area contributed by atoms with Gasteiger partial charge in [0.2, 0.25) is 5.91 Å². The molecule has 1 spiro atoms. The van der Waals surface area contributed by atoms with Gasteiger partial charge in [0, 0.05) is 39.1 Å². The molecule has 0 radical (unpaired) electrons. The molecular weight excluding hydrogens is 403 g/mol. The minimum Gasteiger partial charge on any atom is -0.356 e. The SMILES string of the molecule is CCC(C)NC(=O)CCNC(=NC)N1CCC2(CCCC2)C1.I. The quantitative estimate of drug-likeness (QED) is 0.396. The highest BCUT2D eigenvalue weighted by Crippen LogP contribution is 2.45. The van der Waals surface area contributed by atoms with Crippen molar-refractivity contribution in [1.29, 1.82) is 0 Å². The molecule has 2 fully saturated rings. The molecule has 134 valence electrons. The third-order valence-corrected chi connectivity index (χ3v) is 5.27. The Labute approximate surface area is 158 Å². The molecule has 2 N–H and O–H groups in total. The molecule has 5 nitrogen and oxygen atoms in total. The second kappa shape index (κ2) is 9.69. The van der Waals surface area contributed by atoms with Gasteiger partial charge in [-0.1, -0.05) is 19.8 Å². The number of nitrogens with zero attached hydrogens (tertiary/aromatic N) is 2. The van der Waals surface area contributed by atoms with Crippen LogP contribution < -0.4 is 10.6 Å². The zero-order valence-electron chi connectivity index (χ0n) is 14.9. The molecule has 1 amide bonds. The Hall–Kier alpha value is -0.530. The Morgan fingerprint density at radius 3 is 2.61 bits per heavy atom. The average molecular weight is 436 g/mol. The van der Waals surface area contributed by atoms with E-state index < -0.39 is 0 Å². The Morgan fingerprint density at radius 1 is 1.30 bits per heavy atom. The third kappa shape index (κ3) is 5.80. The zero-order chi connectivity index (χ0) is 16.0. The molecule has 1 atom stereocenters. The van der Waals surface area contributed by atoms with Crippen LogP contribution in [0.15, 0.2) is 4.99 Å². The first-order valence-electron chi connectivity index (χ1n) is 8.83. The number of likely N-dealkylation sites (tertiary alicyclic amines) is 1. The number of aliphatic imine (C=N–C) groups is 1. The molecule has 1 saturated heterocycles. The van der Waals surface area contributed by atoms with Gasteiger partial charge in [-0.2, -0.15) is 0 Å². The Kier molecular flexibility index (Phi) is 8.64. The lowest BCUT2D eigenvalue weighted by molar-refractivity contribution is -0.121. The number of carbonyl (C=O) groups is 1. The summed E-state index contributed by atoms with van der Waals surface area (Å²) in [5.41, 5.74) is 0.547. The number of amides is 1. The number of hydrogen-bond acceptors (Lipinski definition) is 2. The van der Waals surface area contributed by atoms with Crippen LogP contribution in [0.4, 0.5) is 0 Å². The second-order valence-corrected chi connectivity index (χ2v) is 6.98. The second-order valence-electron chi connectivity index (χ2n) is 6.98. The van der Waals surface area contributed by atoms with Crippen molar-refractivity contribution >= 4 is 35.8 Å². The first-order valence-corrected chi connectivity index (χ1v) is 8.83. The van der Waals surface area contributed by atoms with E-state index in [4.69, 9.17) is 0 Å². The molecule has 0 aromatic heterocycles. The Morgan fingerprint density at radius 2 is 2.00 bits per heavy atom. The predicted octanol–water partition coefficient (Wildman–Crippen LogP) is 2.75. The van der Waals surface area contributed by atoms with E-state index in [9.17, 15) is 4.79 Å². The van der Waals surface area contributed by atoms with Crippen molar-refractivity contribution in [2.45, 2.75) is 64.8 Å². The van der Waals surface area contributed by atoms with Crippen LogP contribution in [-0.4, -0.2) is 49.5 Å². The third-order valence-electron chi connectivity index (χ3n) is 5.27. The van der Waals surface area contributed by atoms with Crippen LogP contribution >= 0.6 is 24.0 Å². The normalized spacial score (nSPS) is 21.2. The fourth-order valence-electron chi connectivity index (χ4n) is 3.72. The van der Waals surface area contributed by atoms with Gasteiger partial charge in [0.25, 0.3) is 0 Å². The van der Waals surface area contributed by atoms with Gasteiger partial charge < -0.3 is 15.5 Å². The van der Waals surface area contributed by atoms with Crippen molar-refractivity contribution in [3.63, 3.8) is 0 Å². The van der Waals surface area contributed by atoms with Gasteiger partial charge in [-0.3, -0.25) is 9.79 Å². The topological polar surface area (TPSA) is 56.7 Å². The summed E-state index contributed by atoms with van der Waals surface area (Å²) in [7, 11) is 1.83. The molecule has 6 heteroatoms. The first-order chi connectivity index (χ1) is 10.6. The van der Waals surface area contributed by atoms with Crippen molar-refractivity contribution in [2.24, 2.45) is 10.4 Å². The highest BCUT2D eigenvalue weighted by Gasteiger charge is 2.40. The van der Waals surface area contributed by atoms with Gasteiger partial charge in [0.1, 0.15) is 0 Å². The number of rotatable bonds is 5. The largest absolute Gasteiger partial charge is 0.356 e. The average Bonchev–Trinajstić information content (AvgIpc) is 3.14. The van der Waals surface area contributed by atoms with Crippen molar-refractivity contribution in [3.8, 4) is 0 Å². The van der Waals surface area contributed by atoms with Crippen molar-refractivity contribution in [3.05, 3.63) is 0 Å². The summed E-state index contributed by atoms with van der Waals surface area (Å²) >= 11 is 0. The molecule has 2 rings (SSSR count). The van der Waals surface area contributed by atoms with Crippen LogP contribution in [0, 0.1) is 5.41 Å². The standard InChI is InChI=1S/C17H32N4O.HI/c1-4-14(2)20-15(22)7-11-19-16(18-3)21-12-10-17(13-21)8-5-6-9-17;/h14H,4-13H2,1-3H3,(H,18,19)(H,20,22);1H. The Bertz CT molecular complexity index is 407. The first kappa shape index (κ1) is 20.5. The lowest BCUT2D eigenvalue weighted by Gasteiger charge is -2.26. The van der Waals surface area contributed by atoms with E-state index in [-0.39, 0.29) is 35.9 Å². The van der Waals surface area contributed by atoms with E-state index in [0.717, 1.165) is 25.5 Å². The minimum atomic E-state index is 0. The molecule has 0 aromatic carbocycles. The zero-order valence-corrected chi connectivity index (χ0v) is 17.2. The minimum absolute atomic E-state index is 0. The van der Waals surface area contributed by atoms with Crippen molar-refractivity contribution in [2.75, 3.05) is 26.7 Å². The van der Waals surface area contributed by atoms with E-state index in [2.05, 4.69) is 27.4 Å². The number of guanidine groups is 1. The fourth-order valence-corrected chi connectivity index (χ4v) is 3.72. The summed E-state index contributed by atoms with van der Waals surface area (Å²) in [6, 6.07) is 0.257. The van der Waals surface area contributed by atoms with Crippen LogP contribution in [0.1, 0.15) is 58.8 Å². The van der Waals surface area contributed by atoms with E-state index in [1.54, 1.807) is 0 Å².